The van der Waals surface area contributed by atoms with Crippen LogP contribution in [0.4, 0.5) is 0 Å². The van der Waals surface area contributed by atoms with E-state index in [9.17, 15) is 0 Å². The predicted octanol–water partition coefficient (Wildman–Crippen LogP) is 5.46. The minimum absolute atomic E-state index is 0.532. The molecule has 108 valence electrons. The van der Waals surface area contributed by atoms with E-state index >= 15 is 0 Å². The van der Waals surface area contributed by atoms with Gasteiger partial charge in [0.1, 0.15) is 6.79 Å². The summed E-state index contributed by atoms with van der Waals surface area (Å²) in [5, 5.41) is 0. The maximum atomic E-state index is 8.00. The first-order valence-electron chi connectivity index (χ1n) is 8.00. The van der Waals surface area contributed by atoms with Gasteiger partial charge >= 0.3 is 0 Å². The van der Waals surface area contributed by atoms with Crippen LogP contribution in [0.15, 0.2) is 24.3 Å². The molecule has 0 aromatic carbocycles. The van der Waals surface area contributed by atoms with Crippen molar-refractivity contribution in [1.82, 2.24) is 0 Å². The van der Waals surface area contributed by atoms with Gasteiger partial charge in [-0.3, -0.25) is 0 Å². The van der Waals surface area contributed by atoms with Crippen molar-refractivity contribution in [1.29, 1.82) is 0 Å². The molecule has 0 N–H and O–H groups in total. The number of unbranched alkanes of at least 4 members (excludes halogenated alkanes) is 2. The lowest BCUT2D eigenvalue weighted by Crippen LogP contribution is -2.31. The summed E-state index contributed by atoms with van der Waals surface area (Å²) < 4.78 is 0. The number of carbonyl (C=O) groups excluding carboxylic acids is 1. The molecule has 2 aliphatic rings. The maximum Gasteiger partial charge on any atom is 0.106 e. The van der Waals surface area contributed by atoms with Gasteiger partial charge in [-0.15, -0.1) is 0 Å². The molecule has 1 nitrogen and oxygen atoms in total. The molecule has 0 aromatic rings. The van der Waals surface area contributed by atoms with Crippen molar-refractivity contribution in [3.05, 3.63) is 24.3 Å². The van der Waals surface area contributed by atoms with Crippen molar-refractivity contribution in [3.8, 4) is 0 Å². The Hall–Kier alpha value is -0.850. The summed E-state index contributed by atoms with van der Waals surface area (Å²) >= 11 is 0. The normalized spacial score (nSPS) is 26.8. The summed E-state index contributed by atoms with van der Waals surface area (Å²) in [4.78, 5) is 8.00. The zero-order valence-corrected chi connectivity index (χ0v) is 12.6. The van der Waals surface area contributed by atoms with Crippen LogP contribution in [0.3, 0.4) is 0 Å². The Kier molecular flexibility index (Phi) is 7.78. The lowest BCUT2D eigenvalue weighted by atomic mass is 9.63. The van der Waals surface area contributed by atoms with Crippen molar-refractivity contribution < 1.29 is 4.79 Å². The van der Waals surface area contributed by atoms with Crippen LogP contribution in [-0.2, 0) is 4.79 Å². The molecule has 1 heteroatoms. The molecule has 2 aliphatic carbocycles. The second kappa shape index (κ2) is 9.12. The molecule has 0 spiro atoms. The van der Waals surface area contributed by atoms with Crippen LogP contribution in [0, 0.1) is 11.3 Å². The molecule has 0 heterocycles. The Labute approximate surface area is 119 Å². The van der Waals surface area contributed by atoms with Gasteiger partial charge in [-0.2, -0.15) is 0 Å². The summed E-state index contributed by atoms with van der Waals surface area (Å²) in [6.45, 7) is 4.31. The average Bonchev–Trinajstić information content (AvgIpc) is 2.51. The van der Waals surface area contributed by atoms with E-state index in [1.54, 1.807) is 0 Å². The van der Waals surface area contributed by atoms with Crippen molar-refractivity contribution in [2.24, 2.45) is 11.3 Å². The molecule has 0 bridgehead atoms. The van der Waals surface area contributed by atoms with Gasteiger partial charge in [-0.1, -0.05) is 69.8 Å². The van der Waals surface area contributed by atoms with Crippen LogP contribution in [0.2, 0.25) is 0 Å². The topological polar surface area (TPSA) is 17.1 Å². The van der Waals surface area contributed by atoms with E-state index in [1.807, 2.05) is 6.79 Å². The summed E-state index contributed by atoms with van der Waals surface area (Å²) in [6.07, 6.45) is 23.8. The van der Waals surface area contributed by atoms with Gasteiger partial charge in [0.15, 0.2) is 0 Å². The van der Waals surface area contributed by atoms with Gasteiger partial charge in [0, 0.05) is 0 Å². The molecule has 1 atom stereocenters. The lowest BCUT2D eigenvalue weighted by molar-refractivity contribution is -0.0979. The van der Waals surface area contributed by atoms with Crippen molar-refractivity contribution >= 4 is 6.79 Å². The second-order valence-corrected chi connectivity index (χ2v) is 6.02. The third kappa shape index (κ3) is 4.63. The smallest absolute Gasteiger partial charge is 0.106 e. The second-order valence-electron chi connectivity index (χ2n) is 6.02. The quantitative estimate of drug-likeness (QED) is 0.601. The highest BCUT2D eigenvalue weighted by Crippen LogP contribution is 2.47. The van der Waals surface area contributed by atoms with Gasteiger partial charge in [0.05, 0.1) is 0 Å². The molecule has 1 fully saturated rings. The third-order valence-corrected chi connectivity index (χ3v) is 4.84. The molecule has 1 saturated carbocycles. The van der Waals surface area contributed by atoms with Crippen LogP contribution in [-0.4, -0.2) is 6.79 Å². The van der Waals surface area contributed by atoms with E-state index in [0.29, 0.717) is 5.41 Å². The highest BCUT2D eigenvalue weighted by molar-refractivity contribution is 5.18. The number of carbonyl (C=O) groups is 1. The SMILES string of the molecule is C=O.CCCCCC1(C2CCCCC2)C=CC=CC1. The fraction of sp³-hybridized carbons (Fsp3) is 0.722. The van der Waals surface area contributed by atoms with Crippen LogP contribution in [0.25, 0.3) is 0 Å². The number of allylic oxidation sites excluding steroid dienone is 4. The molecule has 0 saturated heterocycles. The van der Waals surface area contributed by atoms with Crippen molar-refractivity contribution in [2.75, 3.05) is 0 Å². The van der Waals surface area contributed by atoms with Crippen molar-refractivity contribution in [3.63, 3.8) is 0 Å². The molecule has 2 rings (SSSR count). The van der Waals surface area contributed by atoms with Crippen LogP contribution >= 0.6 is 0 Å². The summed E-state index contributed by atoms with van der Waals surface area (Å²) in [5.74, 6) is 0.967. The summed E-state index contributed by atoms with van der Waals surface area (Å²) in [7, 11) is 0. The first-order chi connectivity index (χ1) is 9.37. The summed E-state index contributed by atoms with van der Waals surface area (Å²) in [6, 6.07) is 0. The van der Waals surface area contributed by atoms with E-state index < -0.39 is 0 Å². The Morgan fingerprint density at radius 2 is 1.84 bits per heavy atom. The highest BCUT2D eigenvalue weighted by atomic mass is 16.1. The van der Waals surface area contributed by atoms with Gasteiger partial charge in [0.2, 0.25) is 0 Å². The maximum absolute atomic E-state index is 8.00. The highest BCUT2D eigenvalue weighted by Gasteiger charge is 2.36. The molecular formula is C18H30O. The van der Waals surface area contributed by atoms with Crippen molar-refractivity contribution in [2.45, 2.75) is 71.1 Å². The average molecular weight is 262 g/mol. The molecule has 0 amide bonds. The Morgan fingerprint density at radius 1 is 1.11 bits per heavy atom. The third-order valence-electron chi connectivity index (χ3n) is 4.84. The number of hydrogen-bond donors (Lipinski definition) is 0. The van der Waals surface area contributed by atoms with Gasteiger partial charge in [-0.25, -0.2) is 0 Å². The monoisotopic (exact) mass is 262 g/mol. The molecule has 1 unspecified atom stereocenters. The molecular weight excluding hydrogens is 232 g/mol. The van der Waals surface area contributed by atoms with Gasteiger partial charge in [-0.05, 0) is 37.0 Å². The first kappa shape index (κ1) is 16.2. The molecule has 0 radical (unpaired) electrons. The van der Waals surface area contributed by atoms with E-state index in [1.165, 1.54) is 64.2 Å². The zero-order chi connectivity index (χ0) is 14.0. The van der Waals surface area contributed by atoms with E-state index in [0.717, 1.165) is 5.92 Å². The minimum Gasteiger partial charge on any atom is -0.307 e. The molecule has 0 aromatic heterocycles. The van der Waals surface area contributed by atoms with E-state index in [4.69, 9.17) is 4.79 Å². The van der Waals surface area contributed by atoms with Crippen LogP contribution in [0.5, 0.6) is 0 Å². The first-order valence-corrected chi connectivity index (χ1v) is 8.00. The largest absolute Gasteiger partial charge is 0.307 e. The lowest BCUT2D eigenvalue weighted by Gasteiger charge is -2.41. The Balaban J connectivity index is 0.000000861. The van der Waals surface area contributed by atoms with E-state index in [-0.39, 0.29) is 0 Å². The summed E-state index contributed by atoms with van der Waals surface area (Å²) in [5.41, 5.74) is 0.532. The predicted molar refractivity (Wildman–Crippen MR) is 83.2 cm³/mol. The molecule has 0 aliphatic heterocycles. The zero-order valence-electron chi connectivity index (χ0n) is 12.6. The standard InChI is InChI=1S/C17H28.CH2O/c1-2-3-8-13-17(14-9-5-10-15-17)16-11-6-4-7-12-16;1-2/h5,9-10,14,16H,2-4,6-8,11-13,15H2,1H3;1H2. The fourth-order valence-electron chi connectivity index (χ4n) is 3.76. The Bertz CT molecular complexity index is 286. The van der Waals surface area contributed by atoms with Crippen LogP contribution in [0.1, 0.15) is 71.1 Å². The number of rotatable bonds is 5. The van der Waals surface area contributed by atoms with Gasteiger partial charge < -0.3 is 4.79 Å². The Morgan fingerprint density at radius 3 is 2.42 bits per heavy atom. The molecule has 19 heavy (non-hydrogen) atoms. The fourth-order valence-corrected chi connectivity index (χ4v) is 3.76. The van der Waals surface area contributed by atoms with Crippen LogP contribution < -0.4 is 0 Å². The van der Waals surface area contributed by atoms with Gasteiger partial charge in [0.25, 0.3) is 0 Å². The minimum atomic E-state index is 0.532. The van der Waals surface area contributed by atoms with E-state index in [2.05, 4.69) is 31.2 Å². The number of hydrogen-bond acceptors (Lipinski definition) is 1.